The predicted molar refractivity (Wildman–Crippen MR) is 114 cm³/mol. The van der Waals surface area contributed by atoms with E-state index in [1.165, 1.54) is 0 Å². The van der Waals surface area contributed by atoms with Crippen molar-refractivity contribution < 1.29 is 24.5 Å². The molecule has 2 aromatic carbocycles. The lowest BCUT2D eigenvalue weighted by Crippen LogP contribution is -2.44. The summed E-state index contributed by atoms with van der Waals surface area (Å²) >= 11 is 0. The summed E-state index contributed by atoms with van der Waals surface area (Å²) in [6.45, 7) is 0.381. The van der Waals surface area contributed by atoms with Crippen LogP contribution in [0.5, 0.6) is 0 Å². The Morgan fingerprint density at radius 1 is 1.00 bits per heavy atom. The first-order chi connectivity index (χ1) is 14.9. The van der Waals surface area contributed by atoms with E-state index in [-0.39, 0.29) is 13.0 Å². The average Bonchev–Trinajstić information content (AvgIpc) is 3.23. The van der Waals surface area contributed by atoms with Crippen molar-refractivity contribution in [2.75, 3.05) is 20.7 Å². The molecule has 2 heterocycles. The van der Waals surface area contributed by atoms with Gasteiger partial charge in [0.1, 0.15) is 12.2 Å². The molecule has 31 heavy (non-hydrogen) atoms. The summed E-state index contributed by atoms with van der Waals surface area (Å²) < 4.78 is 11.5. The van der Waals surface area contributed by atoms with Gasteiger partial charge >= 0.3 is 0 Å². The van der Waals surface area contributed by atoms with Crippen molar-refractivity contribution in [3.05, 3.63) is 60.0 Å². The standard InChI is InChI=1S/C23H27N3O5/c1-26(2)12-20-24-25-23(31-20)15-8-6-14(7-9-15)16-4-3-5-17(10-16)22-21(29)19(28)11-18(13-27)30-22/h3-10,18-19,21-22,27-29H,11-13H2,1-2H3. The molecular formula is C23H27N3O5. The lowest BCUT2D eigenvalue weighted by atomic mass is 9.91. The SMILES string of the molecule is CN(C)Cc1nnc(-c2ccc(-c3cccc(C4OC(CO)CC(O)C4O)c3)cc2)o1. The summed E-state index contributed by atoms with van der Waals surface area (Å²) in [5.41, 5.74) is 3.50. The Morgan fingerprint density at radius 3 is 2.45 bits per heavy atom. The summed E-state index contributed by atoms with van der Waals surface area (Å²) in [5, 5.41) is 38.1. The third-order valence-electron chi connectivity index (χ3n) is 5.35. The molecule has 0 amide bonds. The Hall–Kier alpha value is -2.62. The van der Waals surface area contributed by atoms with Gasteiger partial charge in [-0.3, -0.25) is 0 Å². The Bertz CT molecular complexity index is 1000. The first-order valence-corrected chi connectivity index (χ1v) is 10.2. The van der Waals surface area contributed by atoms with Gasteiger partial charge in [0.2, 0.25) is 11.8 Å². The fraction of sp³-hybridized carbons (Fsp3) is 0.391. The number of nitrogens with zero attached hydrogens (tertiary/aromatic N) is 3. The maximum atomic E-state index is 10.4. The van der Waals surface area contributed by atoms with Crippen molar-refractivity contribution in [3.63, 3.8) is 0 Å². The van der Waals surface area contributed by atoms with Crippen LogP contribution in [0, 0.1) is 0 Å². The van der Waals surface area contributed by atoms with E-state index in [1.807, 2.05) is 67.5 Å². The van der Waals surface area contributed by atoms with Gasteiger partial charge in [-0.1, -0.05) is 30.3 Å². The highest BCUT2D eigenvalue weighted by Gasteiger charge is 2.37. The molecular weight excluding hydrogens is 398 g/mol. The third kappa shape index (κ3) is 4.84. The van der Waals surface area contributed by atoms with E-state index in [0.29, 0.717) is 18.3 Å². The molecule has 8 heteroatoms. The summed E-state index contributed by atoms with van der Waals surface area (Å²) in [6, 6.07) is 15.4. The lowest BCUT2D eigenvalue weighted by molar-refractivity contribution is -0.179. The van der Waals surface area contributed by atoms with Crippen molar-refractivity contribution >= 4 is 0 Å². The van der Waals surface area contributed by atoms with Gasteiger partial charge < -0.3 is 29.4 Å². The van der Waals surface area contributed by atoms with E-state index in [4.69, 9.17) is 9.15 Å². The molecule has 3 N–H and O–H groups in total. The number of hydrogen-bond acceptors (Lipinski definition) is 8. The van der Waals surface area contributed by atoms with Gasteiger partial charge in [-0.15, -0.1) is 10.2 Å². The predicted octanol–water partition coefficient (Wildman–Crippen LogP) is 2.01. The van der Waals surface area contributed by atoms with E-state index in [2.05, 4.69) is 10.2 Å². The zero-order valence-corrected chi connectivity index (χ0v) is 17.5. The second-order valence-electron chi connectivity index (χ2n) is 8.10. The van der Waals surface area contributed by atoms with E-state index >= 15 is 0 Å². The molecule has 0 bridgehead atoms. The van der Waals surface area contributed by atoms with Crippen molar-refractivity contribution in [1.82, 2.24) is 15.1 Å². The molecule has 1 aromatic heterocycles. The number of aromatic nitrogens is 2. The minimum atomic E-state index is -1.05. The Labute approximate surface area is 180 Å². The highest BCUT2D eigenvalue weighted by molar-refractivity contribution is 5.68. The van der Waals surface area contributed by atoms with Gasteiger partial charge in [0.25, 0.3) is 0 Å². The summed E-state index contributed by atoms with van der Waals surface area (Å²) in [7, 11) is 3.88. The number of aliphatic hydroxyl groups excluding tert-OH is 3. The van der Waals surface area contributed by atoms with Gasteiger partial charge in [0, 0.05) is 12.0 Å². The normalized spacial score (nSPS) is 23.9. The fourth-order valence-corrected chi connectivity index (χ4v) is 3.75. The molecule has 164 valence electrons. The van der Waals surface area contributed by atoms with Crippen LogP contribution >= 0.6 is 0 Å². The van der Waals surface area contributed by atoms with Gasteiger partial charge in [0.05, 0.1) is 25.4 Å². The maximum Gasteiger partial charge on any atom is 0.247 e. The molecule has 4 unspecified atom stereocenters. The molecule has 1 fully saturated rings. The van der Waals surface area contributed by atoms with E-state index < -0.39 is 24.4 Å². The zero-order valence-electron chi connectivity index (χ0n) is 17.5. The molecule has 0 saturated carbocycles. The quantitative estimate of drug-likeness (QED) is 0.550. The number of aliphatic hydroxyl groups is 3. The van der Waals surface area contributed by atoms with E-state index in [1.54, 1.807) is 0 Å². The molecule has 1 aliphatic rings. The van der Waals surface area contributed by atoms with Crippen molar-refractivity contribution in [2.45, 2.75) is 37.4 Å². The Balaban J connectivity index is 1.54. The van der Waals surface area contributed by atoms with Crippen LogP contribution in [0.15, 0.2) is 52.9 Å². The van der Waals surface area contributed by atoms with Gasteiger partial charge in [-0.25, -0.2) is 0 Å². The molecule has 1 saturated heterocycles. The third-order valence-corrected chi connectivity index (χ3v) is 5.35. The van der Waals surface area contributed by atoms with Crippen molar-refractivity contribution in [2.24, 2.45) is 0 Å². The minimum Gasteiger partial charge on any atom is -0.419 e. The van der Waals surface area contributed by atoms with E-state index in [0.717, 1.165) is 22.3 Å². The van der Waals surface area contributed by atoms with Crippen LogP contribution in [-0.4, -0.2) is 69.4 Å². The number of hydrogen-bond donors (Lipinski definition) is 3. The molecule has 0 aliphatic carbocycles. The molecule has 4 atom stereocenters. The number of benzene rings is 2. The molecule has 4 rings (SSSR count). The monoisotopic (exact) mass is 425 g/mol. The molecule has 8 nitrogen and oxygen atoms in total. The summed E-state index contributed by atoms with van der Waals surface area (Å²) in [6.07, 6.45) is -2.98. The van der Waals surface area contributed by atoms with Crippen LogP contribution < -0.4 is 0 Å². The first-order valence-electron chi connectivity index (χ1n) is 10.2. The second kappa shape index (κ2) is 9.25. The van der Waals surface area contributed by atoms with Crippen LogP contribution in [0.1, 0.15) is 24.0 Å². The van der Waals surface area contributed by atoms with Crippen molar-refractivity contribution in [3.8, 4) is 22.6 Å². The molecule has 0 radical (unpaired) electrons. The molecule has 0 spiro atoms. The second-order valence-corrected chi connectivity index (χ2v) is 8.10. The zero-order chi connectivity index (χ0) is 22.0. The molecule has 3 aromatic rings. The topological polar surface area (TPSA) is 112 Å². The largest absolute Gasteiger partial charge is 0.419 e. The summed E-state index contributed by atoms with van der Waals surface area (Å²) in [5.74, 6) is 1.03. The highest BCUT2D eigenvalue weighted by Crippen LogP contribution is 2.34. The van der Waals surface area contributed by atoms with Crippen LogP contribution in [-0.2, 0) is 11.3 Å². The Morgan fingerprint density at radius 2 is 1.74 bits per heavy atom. The van der Waals surface area contributed by atoms with Crippen LogP contribution in [0.2, 0.25) is 0 Å². The van der Waals surface area contributed by atoms with Crippen LogP contribution in [0.3, 0.4) is 0 Å². The van der Waals surface area contributed by atoms with Gasteiger partial charge in [0.15, 0.2) is 0 Å². The minimum absolute atomic E-state index is 0.201. The summed E-state index contributed by atoms with van der Waals surface area (Å²) in [4.78, 5) is 1.96. The number of ether oxygens (including phenoxy) is 1. The van der Waals surface area contributed by atoms with Crippen molar-refractivity contribution in [1.29, 1.82) is 0 Å². The average molecular weight is 425 g/mol. The smallest absolute Gasteiger partial charge is 0.247 e. The number of rotatable bonds is 6. The molecule has 1 aliphatic heterocycles. The van der Waals surface area contributed by atoms with Gasteiger partial charge in [-0.05, 0) is 49.0 Å². The highest BCUT2D eigenvalue weighted by atomic mass is 16.5. The maximum absolute atomic E-state index is 10.4. The van der Waals surface area contributed by atoms with Gasteiger partial charge in [-0.2, -0.15) is 0 Å². The van der Waals surface area contributed by atoms with E-state index in [9.17, 15) is 15.3 Å². The first kappa shape index (κ1) is 21.6. The Kier molecular flexibility index (Phi) is 6.45. The lowest BCUT2D eigenvalue weighted by Gasteiger charge is -2.37. The fourth-order valence-electron chi connectivity index (χ4n) is 3.75. The van der Waals surface area contributed by atoms with Crippen LogP contribution in [0.4, 0.5) is 0 Å². The van der Waals surface area contributed by atoms with Crippen LogP contribution in [0.25, 0.3) is 22.6 Å².